The van der Waals surface area contributed by atoms with Crippen LogP contribution >= 0.6 is 0 Å². The second-order valence-electron chi connectivity index (χ2n) is 8.32. The number of nitrogens with one attached hydrogen (secondary N) is 1. The summed E-state index contributed by atoms with van der Waals surface area (Å²) in [6.45, 7) is 1.74. The van der Waals surface area contributed by atoms with Gasteiger partial charge in [0.15, 0.2) is 0 Å². The van der Waals surface area contributed by atoms with E-state index in [9.17, 15) is 4.79 Å². The summed E-state index contributed by atoms with van der Waals surface area (Å²) in [6.07, 6.45) is 12.0. The van der Waals surface area contributed by atoms with Crippen LogP contribution in [-0.2, 0) is 24.4 Å². The van der Waals surface area contributed by atoms with Gasteiger partial charge >= 0.3 is 0 Å². The fraction of sp³-hybridized carbons (Fsp3) is 0.107. The molecule has 0 atom stereocenters. The lowest BCUT2D eigenvalue weighted by Crippen LogP contribution is -2.20. The molecule has 178 valence electrons. The molecule has 0 aliphatic rings. The van der Waals surface area contributed by atoms with E-state index in [4.69, 9.17) is 5.10 Å². The van der Waals surface area contributed by atoms with Crippen molar-refractivity contribution >= 4 is 12.0 Å². The topological polar surface area (TPSA) is 90.5 Å². The number of hydrogen-bond donors (Lipinski definition) is 1. The Morgan fingerprint density at radius 1 is 0.861 bits per heavy atom. The van der Waals surface area contributed by atoms with Crippen molar-refractivity contribution in [2.75, 3.05) is 0 Å². The Bertz CT molecular complexity index is 1420. The Morgan fingerprint density at radius 3 is 2.39 bits per heavy atom. The smallest absolute Gasteiger partial charge is 0.244 e. The minimum absolute atomic E-state index is 0.172. The van der Waals surface area contributed by atoms with Crippen LogP contribution in [0.4, 0.5) is 0 Å². The van der Waals surface area contributed by atoms with Gasteiger partial charge in [-0.1, -0.05) is 54.6 Å². The molecule has 0 aliphatic carbocycles. The predicted molar refractivity (Wildman–Crippen MR) is 137 cm³/mol. The Balaban J connectivity index is 1.24. The van der Waals surface area contributed by atoms with Gasteiger partial charge in [0, 0.05) is 42.3 Å². The number of amides is 1. The van der Waals surface area contributed by atoms with Crippen molar-refractivity contribution in [2.45, 2.75) is 19.6 Å². The zero-order valence-corrected chi connectivity index (χ0v) is 19.6. The molecule has 1 N–H and O–H groups in total. The first-order valence-corrected chi connectivity index (χ1v) is 11.6. The molecule has 0 saturated heterocycles. The molecule has 3 heterocycles. The standard InChI is InChI=1S/C28H25N7O/c36-27(31-15-22-8-10-24(11-9-22)18-35-21-30-20-32-35)13-12-26-19-34(17-23-5-2-1-3-6-23)33-28(26)25-7-4-14-29-16-25/h1-14,16,19-21H,15,17-18H2,(H,31,36)/b13-12+. The SMILES string of the molecule is O=C(/C=C/c1cn(Cc2ccccc2)nc1-c1cccnc1)NCc1ccc(Cn2cncn2)cc1. The van der Waals surface area contributed by atoms with E-state index in [2.05, 4.69) is 32.5 Å². The van der Waals surface area contributed by atoms with Gasteiger partial charge in [0.05, 0.1) is 13.1 Å². The van der Waals surface area contributed by atoms with Gasteiger partial charge < -0.3 is 5.32 Å². The average molecular weight is 476 g/mol. The van der Waals surface area contributed by atoms with Gasteiger partial charge in [-0.25, -0.2) is 9.67 Å². The lowest BCUT2D eigenvalue weighted by Gasteiger charge is -2.05. The van der Waals surface area contributed by atoms with Crippen LogP contribution in [0.15, 0.2) is 104 Å². The van der Waals surface area contributed by atoms with Crippen LogP contribution in [0.2, 0.25) is 0 Å². The summed E-state index contributed by atoms with van der Waals surface area (Å²) in [5, 5.41) is 11.8. The largest absolute Gasteiger partial charge is 0.348 e. The molecule has 5 rings (SSSR count). The number of nitrogens with zero attached hydrogens (tertiary/aromatic N) is 6. The number of hydrogen-bond acceptors (Lipinski definition) is 5. The minimum Gasteiger partial charge on any atom is -0.348 e. The van der Waals surface area contributed by atoms with Crippen LogP contribution in [0.3, 0.4) is 0 Å². The van der Waals surface area contributed by atoms with E-state index in [1.165, 1.54) is 6.33 Å². The van der Waals surface area contributed by atoms with Crippen LogP contribution in [0.25, 0.3) is 17.3 Å². The first kappa shape index (κ1) is 22.9. The molecule has 8 nitrogen and oxygen atoms in total. The fourth-order valence-corrected chi connectivity index (χ4v) is 3.81. The van der Waals surface area contributed by atoms with E-state index in [1.54, 1.807) is 35.6 Å². The van der Waals surface area contributed by atoms with Crippen LogP contribution < -0.4 is 5.32 Å². The lowest BCUT2D eigenvalue weighted by atomic mass is 10.1. The number of carbonyl (C=O) groups is 1. The summed E-state index contributed by atoms with van der Waals surface area (Å²) in [7, 11) is 0. The number of rotatable bonds is 9. The van der Waals surface area contributed by atoms with Crippen molar-refractivity contribution in [3.8, 4) is 11.3 Å². The molecular formula is C28H25N7O. The lowest BCUT2D eigenvalue weighted by molar-refractivity contribution is -0.116. The van der Waals surface area contributed by atoms with Crippen LogP contribution in [0, 0.1) is 0 Å². The van der Waals surface area contributed by atoms with E-state index < -0.39 is 0 Å². The van der Waals surface area contributed by atoms with Gasteiger partial charge in [-0.15, -0.1) is 0 Å². The fourth-order valence-electron chi connectivity index (χ4n) is 3.81. The normalized spacial score (nSPS) is 11.1. The summed E-state index contributed by atoms with van der Waals surface area (Å²) in [5.41, 5.74) is 5.82. The van der Waals surface area contributed by atoms with Gasteiger partial charge in [-0.3, -0.25) is 14.5 Å². The maximum absolute atomic E-state index is 12.6. The van der Waals surface area contributed by atoms with E-state index in [1.807, 2.05) is 65.5 Å². The zero-order chi connectivity index (χ0) is 24.6. The van der Waals surface area contributed by atoms with Crippen molar-refractivity contribution in [3.05, 3.63) is 126 Å². The molecule has 0 fully saturated rings. The third-order valence-corrected chi connectivity index (χ3v) is 5.63. The highest BCUT2D eigenvalue weighted by atomic mass is 16.1. The molecule has 0 unspecified atom stereocenters. The molecular weight excluding hydrogens is 450 g/mol. The molecule has 2 aromatic carbocycles. The van der Waals surface area contributed by atoms with Crippen molar-refractivity contribution in [2.24, 2.45) is 0 Å². The average Bonchev–Trinajstić information content (AvgIpc) is 3.58. The summed E-state index contributed by atoms with van der Waals surface area (Å²) >= 11 is 0. The number of aromatic nitrogens is 6. The first-order valence-electron chi connectivity index (χ1n) is 11.6. The molecule has 1 amide bonds. The molecule has 3 aromatic heterocycles. The van der Waals surface area contributed by atoms with Gasteiger partial charge in [0.2, 0.25) is 5.91 Å². The first-order chi connectivity index (χ1) is 17.7. The van der Waals surface area contributed by atoms with Crippen molar-refractivity contribution in [1.82, 2.24) is 34.8 Å². The zero-order valence-electron chi connectivity index (χ0n) is 19.6. The van der Waals surface area contributed by atoms with Crippen LogP contribution in [0.5, 0.6) is 0 Å². The maximum Gasteiger partial charge on any atom is 0.244 e. The van der Waals surface area contributed by atoms with E-state index >= 15 is 0 Å². The van der Waals surface area contributed by atoms with Crippen molar-refractivity contribution < 1.29 is 4.79 Å². The van der Waals surface area contributed by atoms with Gasteiger partial charge in [-0.2, -0.15) is 10.2 Å². The molecule has 0 aliphatic heterocycles. The third kappa shape index (κ3) is 5.98. The number of pyridine rings is 1. The molecule has 0 bridgehead atoms. The summed E-state index contributed by atoms with van der Waals surface area (Å²) in [5.74, 6) is -0.172. The Hall–Kier alpha value is -4.85. The van der Waals surface area contributed by atoms with Crippen LogP contribution in [0.1, 0.15) is 22.3 Å². The molecule has 0 spiro atoms. The van der Waals surface area contributed by atoms with Gasteiger partial charge in [-0.05, 0) is 34.9 Å². The maximum atomic E-state index is 12.6. The monoisotopic (exact) mass is 475 g/mol. The quantitative estimate of drug-likeness (QED) is 0.326. The Kier molecular flexibility index (Phi) is 7.03. The highest BCUT2D eigenvalue weighted by Gasteiger charge is 2.10. The predicted octanol–water partition coefficient (Wildman–Crippen LogP) is 3.96. The van der Waals surface area contributed by atoms with Crippen molar-refractivity contribution in [3.63, 3.8) is 0 Å². The van der Waals surface area contributed by atoms with Gasteiger partial charge in [0.25, 0.3) is 0 Å². The Labute approximate surface area is 209 Å². The minimum atomic E-state index is -0.172. The van der Waals surface area contributed by atoms with Crippen LogP contribution in [-0.4, -0.2) is 35.4 Å². The molecule has 0 saturated carbocycles. The van der Waals surface area contributed by atoms with Gasteiger partial charge in [0.1, 0.15) is 18.3 Å². The third-order valence-electron chi connectivity index (χ3n) is 5.63. The highest BCUT2D eigenvalue weighted by Crippen LogP contribution is 2.23. The summed E-state index contributed by atoms with van der Waals surface area (Å²) in [4.78, 5) is 20.7. The highest BCUT2D eigenvalue weighted by molar-refractivity contribution is 5.92. The molecule has 0 radical (unpaired) electrons. The number of benzene rings is 2. The van der Waals surface area contributed by atoms with E-state index in [0.717, 1.165) is 33.5 Å². The molecule has 5 aromatic rings. The second kappa shape index (κ2) is 11.1. The number of carbonyl (C=O) groups excluding carboxylic acids is 1. The second-order valence-corrected chi connectivity index (χ2v) is 8.32. The Morgan fingerprint density at radius 2 is 1.64 bits per heavy atom. The summed E-state index contributed by atoms with van der Waals surface area (Å²) < 4.78 is 3.65. The van der Waals surface area contributed by atoms with Crippen molar-refractivity contribution in [1.29, 1.82) is 0 Å². The molecule has 8 heteroatoms. The van der Waals surface area contributed by atoms with E-state index in [-0.39, 0.29) is 5.91 Å². The molecule has 36 heavy (non-hydrogen) atoms. The summed E-state index contributed by atoms with van der Waals surface area (Å²) in [6, 6.07) is 22.1. The van der Waals surface area contributed by atoms with E-state index in [0.29, 0.717) is 19.6 Å².